The van der Waals surface area contributed by atoms with E-state index in [-0.39, 0.29) is 5.65 Å². The van der Waals surface area contributed by atoms with Crippen molar-refractivity contribution >= 4 is 29.0 Å². The normalized spacial score (nSPS) is 15.1. The van der Waals surface area contributed by atoms with Crippen molar-refractivity contribution in [2.45, 2.75) is 6.18 Å². The van der Waals surface area contributed by atoms with Crippen LogP contribution in [-0.4, -0.2) is 56.1 Å². The minimum absolute atomic E-state index is 0.0371. The molecule has 0 saturated carbocycles. The fourth-order valence-corrected chi connectivity index (χ4v) is 3.53. The molecule has 0 amide bonds. The number of rotatable bonds is 3. The number of halogens is 4. The third-order valence-electron chi connectivity index (χ3n) is 4.88. The van der Waals surface area contributed by atoms with Crippen LogP contribution in [0.3, 0.4) is 0 Å². The van der Waals surface area contributed by atoms with Gasteiger partial charge in [-0.3, -0.25) is 0 Å². The molecule has 1 aromatic carbocycles. The van der Waals surface area contributed by atoms with Crippen LogP contribution in [-0.2, 0) is 6.18 Å². The fraction of sp³-hybridized carbons (Fsp3) is 0.278. The van der Waals surface area contributed by atoms with Crippen molar-refractivity contribution in [3.63, 3.8) is 0 Å². The molecule has 0 spiro atoms. The van der Waals surface area contributed by atoms with E-state index in [0.717, 1.165) is 10.1 Å². The van der Waals surface area contributed by atoms with E-state index in [2.05, 4.69) is 25.4 Å². The second-order valence-electron chi connectivity index (χ2n) is 6.87. The molecule has 5 rings (SSSR count). The van der Waals surface area contributed by atoms with Crippen LogP contribution in [0.15, 0.2) is 40.9 Å². The average Bonchev–Trinajstić information content (AvgIpc) is 3.41. The SMILES string of the molecule is FC(F)(F)c1nnc2ccc(N3CCN(c4noc(-c5cccc(Cl)c5)n4)CC3)nn12. The Labute approximate surface area is 178 Å². The number of aromatic nitrogens is 6. The number of fused-ring (bicyclic) bond motifs is 1. The molecule has 4 aromatic rings. The highest BCUT2D eigenvalue weighted by molar-refractivity contribution is 6.30. The summed E-state index contributed by atoms with van der Waals surface area (Å²) >= 11 is 6.00. The van der Waals surface area contributed by atoms with Gasteiger partial charge in [0.25, 0.3) is 17.7 Å². The lowest BCUT2D eigenvalue weighted by Crippen LogP contribution is -2.47. The van der Waals surface area contributed by atoms with Gasteiger partial charge < -0.3 is 14.3 Å². The van der Waals surface area contributed by atoms with Gasteiger partial charge in [0.1, 0.15) is 5.82 Å². The van der Waals surface area contributed by atoms with Gasteiger partial charge in [0.05, 0.1) is 0 Å². The highest BCUT2D eigenvalue weighted by Gasteiger charge is 2.38. The van der Waals surface area contributed by atoms with Gasteiger partial charge in [0.15, 0.2) is 5.65 Å². The third-order valence-corrected chi connectivity index (χ3v) is 5.11. The Hall–Kier alpha value is -3.41. The Morgan fingerprint density at radius 3 is 2.48 bits per heavy atom. The van der Waals surface area contributed by atoms with E-state index in [1.807, 2.05) is 15.9 Å². The predicted octanol–water partition coefficient (Wildman–Crippen LogP) is 3.17. The second kappa shape index (κ2) is 7.38. The molecule has 9 nitrogen and oxygen atoms in total. The summed E-state index contributed by atoms with van der Waals surface area (Å²) in [6, 6.07) is 10.2. The van der Waals surface area contributed by atoms with Crippen LogP contribution >= 0.6 is 11.6 Å². The summed E-state index contributed by atoms with van der Waals surface area (Å²) < 4.78 is 45.4. The molecule has 0 N–H and O–H groups in total. The molecular formula is C18H14ClF3N8O. The number of benzene rings is 1. The van der Waals surface area contributed by atoms with Gasteiger partial charge in [-0.15, -0.1) is 15.3 Å². The topological polar surface area (TPSA) is 88.5 Å². The number of alkyl halides is 3. The first kappa shape index (κ1) is 19.5. The number of nitrogens with zero attached hydrogens (tertiary/aromatic N) is 8. The van der Waals surface area contributed by atoms with E-state index < -0.39 is 12.0 Å². The lowest BCUT2D eigenvalue weighted by atomic mass is 10.2. The molecule has 0 unspecified atom stereocenters. The Bertz CT molecular complexity index is 1230. The molecule has 160 valence electrons. The fourth-order valence-electron chi connectivity index (χ4n) is 3.34. The van der Waals surface area contributed by atoms with E-state index in [9.17, 15) is 13.2 Å². The Morgan fingerprint density at radius 1 is 0.968 bits per heavy atom. The summed E-state index contributed by atoms with van der Waals surface area (Å²) in [7, 11) is 0. The molecule has 1 fully saturated rings. The van der Waals surface area contributed by atoms with Crippen molar-refractivity contribution in [1.29, 1.82) is 0 Å². The molecule has 1 saturated heterocycles. The Balaban J connectivity index is 1.31. The van der Waals surface area contributed by atoms with Crippen molar-refractivity contribution < 1.29 is 17.7 Å². The molecule has 1 aliphatic rings. The van der Waals surface area contributed by atoms with Crippen molar-refractivity contribution in [1.82, 2.24) is 30.0 Å². The quantitative estimate of drug-likeness (QED) is 0.470. The Morgan fingerprint density at radius 2 is 1.74 bits per heavy atom. The molecule has 0 atom stereocenters. The minimum atomic E-state index is -4.64. The maximum Gasteiger partial charge on any atom is 0.453 e. The Kier molecular flexibility index (Phi) is 4.65. The average molecular weight is 451 g/mol. The number of hydrogen-bond acceptors (Lipinski definition) is 8. The highest BCUT2D eigenvalue weighted by Crippen LogP contribution is 2.28. The first-order valence-electron chi connectivity index (χ1n) is 9.28. The standard InChI is InChI=1S/C18H14ClF3N8O/c19-12-3-1-2-11(10-12)15-23-17(27-31-15)29-8-6-28(7-9-29)14-5-4-13-24-25-16(18(20,21)22)30(13)26-14/h1-5,10H,6-9H2. The summed E-state index contributed by atoms with van der Waals surface area (Å²) in [6.07, 6.45) is -4.64. The maximum absolute atomic E-state index is 13.1. The zero-order valence-electron chi connectivity index (χ0n) is 15.8. The van der Waals surface area contributed by atoms with E-state index in [4.69, 9.17) is 16.1 Å². The number of piperazine rings is 1. The van der Waals surface area contributed by atoms with Gasteiger partial charge in [0.2, 0.25) is 0 Å². The van der Waals surface area contributed by atoms with Gasteiger partial charge in [-0.2, -0.15) is 22.7 Å². The van der Waals surface area contributed by atoms with Crippen LogP contribution < -0.4 is 9.80 Å². The second-order valence-corrected chi connectivity index (χ2v) is 7.30. The molecule has 0 aliphatic carbocycles. The predicted molar refractivity (Wildman–Crippen MR) is 105 cm³/mol. The van der Waals surface area contributed by atoms with Crippen molar-refractivity contribution in [2.24, 2.45) is 0 Å². The van der Waals surface area contributed by atoms with Crippen molar-refractivity contribution in [3.8, 4) is 11.5 Å². The van der Waals surface area contributed by atoms with Gasteiger partial charge >= 0.3 is 6.18 Å². The van der Waals surface area contributed by atoms with Crippen molar-refractivity contribution in [2.75, 3.05) is 36.0 Å². The van der Waals surface area contributed by atoms with Gasteiger partial charge in [-0.05, 0) is 35.5 Å². The molecule has 4 heterocycles. The van der Waals surface area contributed by atoms with Gasteiger partial charge in [0, 0.05) is 36.8 Å². The van der Waals surface area contributed by atoms with Crippen LogP contribution in [0.25, 0.3) is 17.1 Å². The summed E-state index contributed by atoms with van der Waals surface area (Å²) in [4.78, 5) is 8.25. The highest BCUT2D eigenvalue weighted by atomic mass is 35.5. The summed E-state index contributed by atoms with van der Waals surface area (Å²) in [5, 5.41) is 15.4. The summed E-state index contributed by atoms with van der Waals surface area (Å²) in [6.45, 7) is 2.12. The summed E-state index contributed by atoms with van der Waals surface area (Å²) in [5.74, 6) is 0.0593. The molecule has 31 heavy (non-hydrogen) atoms. The molecule has 1 aliphatic heterocycles. The van der Waals surface area contributed by atoms with Crippen molar-refractivity contribution in [3.05, 3.63) is 47.2 Å². The largest absolute Gasteiger partial charge is 0.453 e. The van der Waals surface area contributed by atoms with Gasteiger partial charge in [-0.25, -0.2) is 0 Å². The molecular weight excluding hydrogens is 437 g/mol. The molecule has 13 heteroatoms. The number of anilines is 2. The number of hydrogen-bond donors (Lipinski definition) is 0. The third kappa shape index (κ3) is 3.74. The zero-order chi connectivity index (χ0) is 21.6. The van der Waals surface area contributed by atoms with Crippen LogP contribution in [0.5, 0.6) is 0 Å². The smallest absolute Gasteiger partial charge is 0.352 e. The minimum Gasteiger partial charge on any atom is -0.352 e. The van der Waals surface area contributed by atoms with E-state index in [1.165, 1.54) is 6.07 Å². The molecule has 0 bridgehead atoms. The monoisotopic (exact) mass is 450 g/mol. The van der Waals surface area contributed by atoms with E-state index in [0.29, 0.717) is 48.9 Å². The van der Waals surface area contributed by atoms with Crippen LogP contribution in [0.4, 0.5) is 24.9 Å². The van der Waals surface area contributed by atoms with Crippen LogP contribution in [0.2, 0.25) is 5.02 Å². The molecule has 0 radical (unpaired) electrons. The maximum atomic E-state index is 13.1. The van der Waals surface area contributed by atoms with Gasteiger partial charge in [-0.1, -0.05) is 17.7 Å². The first-order valence-corrected chi connectivity index (χ1v) is 9.65. The lowest BCUT2D eigenvalue weighted by molar-refractivity contribution is -0.146. The molecule has 3 aromatic heterocycles. The van der Waals surface area contributed by atoms with Crippen LogP contribution in [0, 0.1) is 0 Å². The first-order chi connectivity index (χ1) is 14.9. The zero-order valence-corrected chi connectivity index (χ0v) is 16.5. The lowest BCUT2D eigenvalue weighted by Gasteiger charge is -2.34. The summed E-state index contributed by atoms with van der Waals surface area (Å²) in [5.41, 5.74) is 0.756. The van der Waals surface area contributed by atoms with E-state index in [1.54, 1.807) is 24.3 Å². The van der Waals surface area contributed by atoms with Crippen LogP contribution in [0.1, 0.15) is 5.82 Å². The van der Waals surface area contributed by atoms with E-state index >= 15 is 0 Å².